The van der Waals surface area contributed by atoms with Gasteiger partial charge in [0.1, 0.15) is 0 Å². The number of H-pyrrole nitrogens is 1. The topological polar surface area (TPSA) is 75.7 Å². The molecule has 0 aliphatic rings. The van der Waals surface area contributed by atoms with Crippen molar-refractivity contribution in [2.45, 2.75) is 33.4 Å². The minimum absolute atomic E-state index is 0.426. The fraction of sp³-hybridized carbons (Fsp3) is 0.417. The lowest BCUT2D eigenvalue weighted by molar-refractivity contribution is 0.434. The van der Waals surface area contributed by atoms with Gasteiger partial charge in [0.15, 0.2) is 0 Å². The van der Waals surface area contributed by atoms with Gasteiger partial charge < -0.3 is 10.1 Å². The van der Waals surface area contributed by atoms with Gasteiger partial charge in [-0.25, -0.2) is 0 Å². The Hall–Kier alpha value is -1.95. The van der Waals surface area contributed by atoms with Gasteiger partial charge in [-0.15, -0.1) is 10.2 Å². The highest BCUT2D eigenvalue weighted by atomic mass is 16.5. The molecular formula is C12H17N5O. The summed E-state index contributed by atoms with van der Waals surface area (Å²) in [5.41, 5.74) is 1.82. The molecule has 0 atom stereocenters. The molecule has 2 heterocycles. The molecule has 0 saturated heterocycles. The van der Waals surface area contributed by atoms with Crippen molar-refractivity contribution < 1.29 is 4.74 Å². The van der Waals surface area contributed by atoms with E-state index in [1.165, 1.54) is 0 Å². The Balaban J connectivity index is 1.95. The average Bonchev–Trinajstić information content (AvgIpc) is 2.74. The van der Waals surface area contributed by atoms with Crippen LogP contribution in [0, 0.1) is 6.92 Å². The molecule has 0 aliphatic heterocycles. The highest BCUT2D eigenvalue weighted by Crippen LogP contribution is 2.16. The van der Waals surface area contributed by atoms with Crippen molar-refractivity contribution in [2.24, 2.45) is 0 Å². The first-order chi connectivity index (χ1) is 8.63. The normalized spacial score (nSPS) is 10.9. The molecule has 96 valence electrons. The number of rotatable bonds is 5. The van der Waals surface area contributed by atoms with Crippen molar-refractivity contribution in [3.05, 3.63) is 29.6 Å². The molecule has 0 spiro atoms. The van der Waals surface area contributed by atoms with Gasteiger partial charge in [-0.1, -0.05) is 13.8 Å². The number of aromatic nitrogens is 4. The fourth-order valence-corrected chi connectivity index (χ4v) is 1.36. The maximum Gasteiger partial charge on any atom is 0.240 e. The quantitative estimate of drug-likeness (QED) is 0.842. The van der Waals surface area contributed by atoms with Gasteiger partial charge in [-0.3, -0.25) is 5.10 Å². The Bertz CT molecular complexity index is 491. The van der Waals surface area contributed by atoms with E-state index < -0.39 is 0 Å². The molecule has 0 fully saturated rings. The molecule has 6 heteroatoms. The number of aryl methyl sites for hydroxylation is 1. The number of hydrogen-bond acceptors (Lipinski definition) is 5. The van der Waals surface area contributed by atoms with Crippen molar-refractivity contribution in [1.82, 2.24) is 25.7 Å². The molecule has 2 aromatic heterocycles. The molecule has 0 unspecified atom stereocenters. The zero-order valence-electron chi connectivity index (χ0n) is 10.8. The minimum atomic E-state index is 0.426. The van der Waals surface area contributed by atoms with E-state index in [2.05, 4.69) is 39.6 Å². The van der Waals surface area contributed by atoms with Crippen LogP contribution in [0.5, 0.6) is 11.8 Å². The summed E-state index contributed by atoms with van der Waals surface area (Å²) < 4.78 is 5.44. The van der Waals surface area contributed by atoms with Crippen molar-refractivity contribution in [3.8, 4) is 11.8 Å². The molecule has 6 nitrogen and oxygen atoms in total. The molecule has 0 amide bonds. The minimum Gasteiger partial charge on any atom is -0.417 e. The molecule has 18 heavy (non-hydrogen) atoms. The first-order valence-corrected chi connectivity index (χ1v) is 5.89. The number of hydrogen-bond donors (Lipinski definition) is 2. The maximum absolute atomic E-state index is 5.44. The van der Waals surface area contributed by atoms with Crippen LogP contribution in [0.2, 0.25) is 0 Å². The summed E-state index contributed by atoms with van der Waals surface area (Å²) in [7, 11) is 0. The highest BCUT2D eigenvalue weighted by Gasteiger charge is 2.03. The maximum atomic E-state index is 5.44. The SMILES string of the molecule is Cc1cc(Oc2ccc(CNC(C)C)nn2)n[nH]1. The highest BCUT2D eigenvalue weighted by molar-refractivity contribution is 5.20. The van der Waals surface area contributed by atoms with Crippen molar-refractivity contribution in [2.75, 3.05) is 0 Å². The summed E-state index contributed by atoms with van der Waals surface area (Å²) in [6, 6.07) is 5.90. The smallest absolute Gasteiger partial charge is 0.240 e. The lowest BCUT2D eigenvalue weighted by atomic mass is 10.3. The molecule has 0 saturated carbocycles. The predicted octanol–water partition coefficient (Wildman–Crippen LogP) is 1.80. The molecule has 2 N–H and O–H groups in total. The summed E-state index contributed by atoms with van der Waals surface area (Å²) in [6.07, 6.45) is 0. The lowest BCUT2D eigenvalue weighted by Crippen LogP contribution is -2.22. The molecule has 0 radical (unpaired) electrons. The number of nitrogens with zero attached hydrogens (tertiary/aromatic N) is 3. The Morgan fingerprint density at radius 2 is 2.11 bits per heavy atom. The van der Waals surface area contributed by atoms with Crippen molar-refractivity contribution >= 4 is 0 Å². The van der Waals surface area contributed by atoms with Gasteiger partial charge in [0.2, 0.25) is 11.8 Å². The second-order valence-corrected chi connectivity index (χ2v) is 4.39. The van der Waals surface area contributed by atoms with Crippen LogP contribution < -0.4 is 10.1 Å². The van der Waals surface area contributed by atoms with E-state index >= 15 is 0 Å². The summed E-state index contributed by atoms with van der Waals surface area (Å²) >= 11 is 0. The summed E-state index contributed by atoms with van der Waals surface area (Å²) in [5.74, 6) is 0.935. The van der Waals surface area contributed by atoms with Gasteiger partial charge in [-0.05, 0) is 13.0 Å². The second-order valence-electron chi connectivity index (χ2n) is 4.39. The third kappa shape index (κ3) is 3.53. The monoisotopic (exact) mass is 247 g/mol. The fourth-order valence-electron chi connectivity index (χ4n) is 1.36. The van der Waals surface area contributed by atoms with Crippen molar-refractivity contribution in [1.29, 1.82) is 0 Å². The third-order valence-corrected chi connectivity index (χ3v) is 2.28. The van der Waals surface area contributed by atoms with Crippen LogP contribution in [0.4, 0.5) is 0 Å². The molecule has 0 aromatic carbocycles. The zero-order valence-corrected chi connectivity index (χ0v) is 10.8. The number of nitrogens with one attached hydrogen (secondary N) is 2. The molecule has 2 aromatic rings. The lowest BCUT2D eigenvalue weighted by Gasteiger charge is -2.06. The Labute approximate surface area is 106 Å². The van der Waals surface area contributed by atoms with Gasteiger partial charge >= 0.3 is 0 Å². The second kappa shape index (κ2) is 5.59. The van der Waals surface area contributed by atoms with Crippen molar-refractivity contribution in [3.63, 3.8) is 0 Å². The van der Waals surface area contributed by atoms with E-state index in [1.807, 2.05) is 13.0 Å². The zero-order chi connectivity index (χ0) is 13.0. The molecule has 0 bridgehead atoms. The van der Waals surface area contributed by atoms with Crippen LogP contribution in [0.15, 0.2) is 18.2 Å². The van der Waals surface area contributed by atoms with Crippen LogP contribution in [0.25, 0.3) is 0 Å². The standard InChI is InChI=1S/C12H17N5O/c1-8(2)13-7-10-4-5-11(16-15-10)18-12-6-9(3)14-17-12/h4-6,8,13H,7H2,1-3H3,(H,14,17). The first-order valence-electron chi connectivity index (χ1n) is 5.89. The van der Waals surface area contributed by atoms with E-state index in [0.717, 1.165) is 11.4 Å². The summed E-state index contributed by atoms with van der Waals surface area (Å²) in [6.45, 7) is 6.79. The van der Waals surface area contributed by atoms with Crippen LogP contribution in [0.1, 0.15) is 25.2 Å². The van der Waals surface area contributed by atoms with E-state index in [9.17, 15) is 0 Å². The van der Waals surface area contributed by atoms with E-state index in [1.54, 1.807) is 12.1 Å². The van der Waals surface area contributed by atoms with Gasteiger partial charge in [-0.2, -0.15) is 5.10 Å². The predicted molar refractivity (Wildman–Crippen MR) is 67.4 cm³/mol. The number of aromatic amines is 1. The van der Waals surface area contributed by atoms with E-state index in [-0.39, 0.29) is 0 Å². The molecular weight excluding hydrogens is 230 g/mol. The first kappa shape index (κ1) is 12.5. The van der Waals surface area contributed by atoms with Crippen LogP contribution in [-0.4, -0.2) is 26.4 Å². The Morgan fingerprint density at radius 1 is 1.28 bits per heavy atom. The average molecular weight is 247 g/mol. The number of ether oxygens (including phenoxy) is 1. The summed E-state index contributed by atoms with van der Waals surface area (Å²) in [4.78, 5) is 0. The van der Waals surface area contributed by atoms with Gasteiger partial charge in [0.05, 0.1) is 5.69 Å². The van der Waals surface area contributed by atoms with Gasteiger partial charge in [0.25, 0.3) is 0 Å². The molecule has 2 rings (SSSR count). The Morgan fingerprint density at radius 3 is 2.67 bits per heavy atom. The van der Waals surface area contributed by atoms with Crippen LogP contribution in [-0.2, 0) is 6.54 Å². The Kier molecular flexibility index (Phi) is 3.88. The van der Waals surface area contributed by atoms with Gasteiger partial charge in [0, 0.05) is 30.4 Å². The summed E-state index contributed by atoms with van der Waals surface area (Å²) in [5, 5.41) is 18.1. The largest absolute Gasteiger partial charge is 0.417 e. The van der Waals surface area contributed by atoms with Crippen LogP contribution in [0.3, 0.4) is 0 Å². The third-order valence-electron chi connectivity index (χ3n) is 2.28. The molecule has 0 aliphatic carbocycles. The van der Waals surface area contributed by atoms with E-state index in [4.69, 9.17) is 4.74 Å². The van der Waals surface area contributed by atoms with Crippen LogP contribution >= 0.6 is 0 Å². The van der Waals surface area contributed by atoms with E-state index in [0.29, 0.717) is 24.3 Å².